The normalized spacial score (nSPS) is 15.9. The Kier molecular flexibility index (Phi) is 4.32. The SMILES string of the molecule is OOOSC(F)(F)C(O)C(F)(F)F. The maximum absolute atomic E-state index is 12.2. The van der Waals surface area contributed by atoms with E-state index in [0.717, 1.165) is 0 Å². The number of hydrogen-bond donors (Lipinski definition) is 2. The quantitative estimate of drug-likeness (QED) is 0.332. The zero-order valence-corrected chi connectivity index (χ0v) is 6.40. The van der Waals surface area contributed by atoms with Gasteiger partial charge in [-0.2, -0.15) is 22.0 Å². The third-order valence-corrected chi connectivity index (χ3v) is 1.38. The molecule has 0 aromatic rings. The summed E-state index contributed by atoms with van der Waals surface area (Å²) < 4.78 is 61.8. The molecule has 0 spiro atoms. The Balaban J connectivity index is 4.27. The lowest BCUT2D eigenvalue weighted by molar-refractivity contribution is -0.434. The smallest absolute Gasteiger partial charge is 0.378 e. The predicted octanol–water partition coefficient (Wildman–Crippen LogP) is 1.57. The summed E-state index contributed by atoms with van der Waals surface area (Å²) >= 11 is -1.16. The van der Waals surface area contributed by atoms with Crippen LogP contribution in [0.1, 0.15) is 0 Å². The first-order valence-corrected chi connectivity index (χ1v) is 3.24. The molecule has 4 nitrogen and oxygen atoms in total. The lowest BCUT2D eigenvalue weighted by Gasteiger charge is -2.21. The van der Waals surface area contributed by atoms with Gasteiger partial charge in [0, 0.05) is 0 Å². The van der Waals surface area contributed by atoms with Gasteiger partial charge in [-0.3, -0.25) is 0 Å². The lowest BCUT2D eigenvalue weighted by atomic mass is 10.4. The molecule has 80 valence electrons. The first kappa shape index (κ1) is 12.8. The Morgan fingerprint density at radius 2 is 1.62 bits per heavy atom. The van der Waals surface area contributed by atoms with Crippen molar-refractivity contribution in [3.05, 3.63) is 0 Å². The average molecular weight is 230 g/mol. The second-order valence-corrected chi connectivity index (χ2v) is 2.58. The fraction of sp³-hybridized carbons (Fsp3) is 1.00. The van der Waals surface area contributed by atoms with E-state index in [4.69, 9.17) is 10.4 Å². The number of aliphatic hydroxyl groups excluding tert-OH is 1. The fourth-order valence-electron chi connectivity index (χ4n) is 0.297. The van der Waals surface area contributed by atoms with Crippen LogP contribution >= 0.6 is 12.0 Å². The predicted molar refractivity (Wildman–Crippen MR) is 29.4 cm³/mol. The summed E-state index contributed by atoms with van der Waals surface area (Å²) in [6.07, 6.45) is -9.39. The molecule has 0 fully saturated rings. The fourth-order valence-corrected chi connectivity index (χ4v) is 0.643. The van der Waals surface area contributed by atoms with Gasteiger partial charge in [0.1, 0.15) is 12.0 Å². The molecule has 0 radical (unpaired) electrons. The van der Waals surface area contributed by atoms with Gasteiger partial charge in [0.25, 0.3) is 0 Å². The van der Waals surface area contributed by atoms with Gasteiger partial charge in [0.15, 0.2) is 0 Å². The highest BCUT2D eigenvalue weighted by atomic mass is 32.2. The van der Waals surface area contributed by atoms with E-state index in [-0.39, 0.29) is 0 Å². The van der Waals surface area contributed by atoms with E-state index in [0.29, 0.717) is 0 Å². The van der Waals surface area contributed by atoms with Gasteiger partial charge in [-0.15, -0.1) is 4.33 Å². The maximum Gasteiger partial charge on any atom is 0.421 e. The number of alkyl halides is 5. The summed E-state index contributed by atoms with van der Waals surface area (Å²) in [5.74, 6) is 0. The molecule has 0 aliphatic rings. The first-order valence-electron chi connectivity index (χ1n) is 2.50. The van der Waals surface area contributed by atoms with E-state index >= 15 is 0 Å². The van der Waals surface area contributed by atoms with Gasteiger partial charge >= 0.3 is 11.4 Å². The highest BCUT2D eigenvalue weighted by Crippen LogP contribution is 2.40. The van der Waals surface area contributed by atoms with Crippen LogP contribution in [0.2, 0.25) is 0 Å². The molecule has 0 amide bonds. The summed E-state index contributed by atoms with van der Waals surface area (Å²) in [4.78, 5) is 0. The number of hydrogen-bond acceptors (Lipinski definition) is 5. The largest absolute Gasteiger partial charge is 0.421 e. The summed E-state index contributed by atoms with van der Waals surface area (Å²) in [6, 6.07) is 0. The Labute approximate surface area is 72.3 Å². The molecule has 0 heterocycles. The van der Waals surface area contributed by atoms with Gasteiger partial charge in [0.2, 0.25) is 6.10 Å². The minimum absolute atomic E-state index is 1.16. The van der Waals surface area contributed by atoms with E-state index in [2.05, 4.69) is 9.37 Å². The van der Waals surface area contributed by atoms with Crippen LogP contribution in [0, 0.1) is 0 Å². The molecule has 0 rings (SSSR count). The first-order chi connectivity index (χ1) is 5.72. The van der Waals surface area contributed by atoms with Gasteiger partial charge in [0.05, 0.1) is 0 Å². The van der Waals surface area contributed by atoms with Crippen molar-refractivity contribution in [1.29, 1.82) is 0 Å². The standard InChI is InChI=1S/C3H3F5O4S/c4-2(5,6)1(9)3(7,8)13-12-11-10/h1,9-10H. The zero-order valence-electron chi connectivity index (χ0n) is 5.59. The Morgan fingerprint density at radius 1 is 1.15 bits per heavy atom. The molecular weight excluding hydrogens is 227 g/mol. The third kappa shape index (κ3) is 4.04. The van der Waals surface area contributed by atoms with Crippen molar-refractivity contribution < 1.29 is 41.7 Å². The summed E-state index contributed by atoms with van der Waals surface area (Å²) in [6.45, 7) is 0. The molecule has 1 unspecified atom stereocenters. The Bertz CT molecular complexity index is 160. The van der Waals surface area contributed by atoms with Crippen LogP contribution in [0.15, 0.2) is 0 Å². The van der Waals surface area contributed by atoms with Crippen LogP contribution in [-0.2, 0) is 9.37 Å². The van der Waals surface area contributed by atoms with Crippen LogP contribution in [0.25, 0.3) is 0 Å². The minimum atomic E-state index is -5.49. The monoisotopic (exact) mass is 230 g/mol. The van der Waals surface area contributed by atoms with Gasteiger partial charge < -0.3 is 5.11 Å². The van der Waals surface area contributed by atoms with Gasteiger partial charge in [-0.25, -0.2) is 5.26 Å². The molecule has 0 aliphatic heterocycles. The van der Waals surface area contributed by atoms with Crippen LogP contribution in [0.5, 0.6) is 0 Å². The summed E-state index contributed by atoms with van der Waals surface area (Å²) in [5, 5.41) is 13.4. The van der Waals surface area contributed by atoms with E-state index in [9.17, 15) is 22.0 Å². The number of rotatable bonds is 4. The van der Waals surface area contributed by atoms with Crippen molar-refractivity contribution in [2.75, 3.05) is 0 Å². The third-order valence-electron chi connectivity index (χ3n) is 0.804. The zero-order chi connectivity index (χ0) is 10.7. The van der Waals surface area contributed by atoms with Crippen molar-refractivity contribution >= 4 is 12.0 Å². The van der Waals surface area contributed by atoms with Crippen LogP contribution < -0.4 is 0 Å². The highest BCUT2D eigenvalue weighted by molar-refractivity contribution is 7.95. The molecule has 1 atom stereocenters. The van der Waals surface area contributed by atoms with Crippen molar-refractivity contribution in [2.24, 2.45) is 0 Å². The molecule has 0 aromatic heterocycles. The molecule has 0 bridgehead atoms. The number of halogens is 5. The van der Waals surface area contributed by atoms with Crippen LogP contribution in [0.4, 0.5) is 22.0 Å². The lowest BCUT2D eigenvalue weighted by Crippen LogP contribution is -2.42. The second kappa shape index (κ2) is 4.37. The van der Waals surface area contributed by atoms with Crippen LogP contribution in [-0.4, -0.2) is 27.9 Å². The summed E-state index contributed by atoms with van der Waals surface area (Å²) in [5.41, 5.74) is 0. The van der Waals surface area contributed by atoms with Crippen LogP contribution in [0.3, 0.4) is 0 Å². The van der Waals surface area contributed by atoms with Gasteiger partial charge in [-0.1, -0.05) is 5.04 Å². The molecule has 10 heteroatoms. The second-order valence-electron chi connectivity index (χ2n) is 1.73. The van der Waals surface area contributed by atoms with Crippen molar-refractivity contribution in [1.82, 2.24) is 0 Å². The van der Waals surface area contributed by atoms with E-state index in [1.165, 1.54) is 0 Å². The topological polar surface area (TPSA) is 58.9 Å². The molecule has 2 N–H and O–H groups in total. The maximum atomic E-state index is 12.2. The Morgan fingerprint density at radius 3 is 1.92 bits per heavy atom. The van der Waals surface area contributed by atoms with E-state index in [1.54, 1.807) is 0 Å². The van der Waals surface area contributed by atoms with Crippen molar-refractivity contribution in [3.63, 3.8) is 0 Å². The average Bonchev–Trinajstić information content (AvgIpc) is 1.98. The number of aliphatic hydroxyl groups is 1. The molecule has 0 aliphatic carbocycles. The van der Waals surface area contributed by atoms with Gasteiger partial charge in [-0.05, 0) is 0 Å². The molecular formula is C3H3F5O4S. The minimum Gasteiger partial charge on any atom is -0.378 e. The molecule has 0 saturated heterocycles. The van der Waals surface area contributed by atoms with E-state index < -0.39 is 29.6 Å². The highest BCUT2D eigenvalue weighted by Gasteiger charge is 2.56. The molecule has 0 saturated carbocycles. The Hall–Kier alpha value is -0.160. The van der Waals surface area contributed by atoms with Crippen molar-refractivity contribution in [3.8, 4) is 0 Å². The van der Waals surface area contributed by atoms with E-state index in [1.807, 2.05) is 0 Å². The molecule has 0 aromatic carbocycles. The summed E-state index contributed by atoms with van der Waals surface area (Å²) in [7, 11) is 0. The molecule has 13 heavy (non-hydrogen) atoms. The van der Waals surface area contributed by atoms with Crippen molar-refractivity contribution in [2.45, 2.75) is 17.5 Å².